The smallest absolute Gasteiger partial charge is 0.188 e. The molecule has 22 aliphatic heterocycles. The van der Waals surface area contributed by atoms with Crippen molar-refractivity contribution < 1.29 is 148 Å². The van der Waals surface area contributed by atoms with Crippen molar-refractivity contribution in [3.63, 3.8) is 0 Å². The van der Waals surface area contributed by atoms with Gasteiger partial charge < -0.3 is 148 Å². The summed E-state index contributed by atoms with van der Waals surface area (Å²) in [5.41, 5.74) is 9.08. The van der Waals surface area contributed by atoms with E-state index in [0.717, 1.165) is 0 Å². The first kappa shape index (κ1) is 54.7. The summed E-state index contributed by atoms with van der Waals surface area (Å²) in [6.07, 6.45) is -59.2. The van der Waals surface area contributed by atoms with Gasteiger partial charge in [-0.15, -0.1) is 0 Å². The van der Waals surface area contributed by atoms with E-state index in [1.165, 1.54) is 0 Å². The lowest BCUT2D eigenvalue weighted by atomic mass is 9.94. The Morgan fingerprint density at radius 3 is 0.725 bits per heavy atom. The van der Waals surface area contributed by atoms with Gasteiger partial charge in [-0.05, 0) is 5.53 Å². The van der Waals surface area contributed by atoms with E-state index < -0.39 is 224 Å². The molecule has 0 aromatic carbocycles. The monoisotopic (exact) mass is 1010 g/mol. The van der Waals surface area contributed by atoms with Crippen LogP contribution in [0.15, 0.2) is 5.28 Å². The zero-order chi connectivity index (χ0) is 50.2. The Labute approximate surface area is 388 Å². The van der Waals surface area contributed by atoms with Crippen LogP contribution in [0, 0.1) is 0 Å². The molecule has 0 radical (unpaired) electrons. The van der Waals surface area contributed by atoms with E-state index in [0.29, 0.717) is 0 Å². The first-order valence-electron chi connectivity index (χ1n) is 21.7. The number of aliphatic hydroxyl groups excluding tert-OH is 17. The number of hydrogen-bond acceptors (Lipinski definition) is 31. The SMILES string of the molecule is [N-]=[N+]=NO[C@@H]1[C@@H](O)[C@H]2O[C@H]3[C@H](O)[C@@H](O)[C@@H](O[C@H]4[C@H](O)[C@@H](O)[C@@H](O[C@H]5[C@H](O)[C@@H](O)[C@@H](O[C@H]6[C@H](O)[C@@H](O)[C@@H](O[C@H]7[C@H](O)[C@@H](O)[C@@H](O[C@H]1[C@@H](CO)O2)O[C@@H]7CO)O[C@@H]6CO)O[C@@H]5CO)O[C@@H]4CO)O[C@@H]3CO. The highest BCUT2D eigenvalue weighted by atomic mass is 16.8. The van der Waals surface area contributed by atoms with Gasteiger partial charge in [-0.3, -0.25) is 0 Å². The first-order valence-corrected chi connectivity index (χ1v) is 21.7. The summed E-state index contributed by atoms with van der Waals surface area (Å²) in [7, 11) is 0. The fourth-order valence-electron chi connectivity index (χ4n) is 9.11. The van der Waals surface area contributed by atoms with Crippen molar-refractivity contribution in [2.45, 2.75) is 184 Å². The second-order valence-corrected chi connectivity index (χ2v) is 17.1. The highest BCUT2D eigenvalue weighted by molar-refractivity contribution is 5.01. The van der Waals surface area contributed by atoms with Crippen LogP contribution in [0.25, 0.3) is 10.4 Å². The van der Waals surface area contributed by atoms with Gasteiger partial charge >= 0.3 is 0 Å². The van der Waals surface area contributed by atoms with E-state index in [2.05, 4.69) is 10.2 Å². The molecule has 22 fully saturated rings. The van der Waals surface area contributed by atoms with Gasteiger partial charge in [0, 0.05) is 4.91 Å². The van der Waals surface area contributed by atoms with Crippen molar-refractivity contribution in [2.24, 2.45) is 5.28 Å². The Balaban J connectivity index is 1.22. The molecule has 69 heavy (non-hydrogen) atoms. The fourth-order valence-corrected chi connectivity index (χ4v) is 9.11. The summed E-state index contributed by atoms with van der Waals surface area (Å²) in [4.78, 5) is 7.57. The Morgan fingerprint density at radius 1 is 0.304 bits per heavy atom. The summed E-state index contributed by atoms with van der Waals surface area (Å²) in [6.45, 7) is -6.14. The predicted octanol–water partition coefficient (Wildman–Crippen LogP) is -11.8. The van der Waals surface area contributed by atoms with E-state index in [1.807, 2.05) is 0 Å². The van der Waals surface area contributed by atoms with Crippen LogP contribution >= 0.6 is 0 Å². The highest BCUT2D eigenvalue weighted by Crippen LogP contribution is 2.38. The molecular weight excluding hydrogens is 954 g/mol. The topological polar surface area (TPSA) is 513 Å². The van der Waals surface area contributed by atoms with Crippen LogP contribution in [-0.2, 0) is 61.7 Å². The van der Waals surface area contributed by atoms with Gasteiger partial charge in [0.05, 0.1) is 39.6 Å². The third-order valence-corrected chi connectivity index (χ3v) is 12.9. The molecular formula is C36H59N3O30. The summed E-state index contributed by atoms with van der Waals surface area (Å²) >= 11 is 0. The van der Waals surface area contributed by atoms with Crippen LogP contribution in [-0.4, -0.2) is 311 Å². The molecule has 17 N–H and O–H groups in total. The summed E-state index contributed by atoms with van der Waals surface area (Å²) in [5, 5.41) is 189. The minimum atomic E-state index is -2.20. The van der Waals surface area contributed by atoms with Crippen LogP contribution in [0.5, 0.6) is 0 Å². The van der Waals surface area contributed by atoms with Crippen LogP contribution in [0.1, 0.15) is 0 Å². The fraction of sp³-hybridized carbons (Fsp3) is 1.00. The van der Waals surface area contributed by atoms with E-state index in [-0.39, 0.29) is 0 Å². The minimum Gasteiger partial charge on any atom is -0.424 e. The molecule has 22 heterocycles. The van der Waals surface area contributed by atoms with Gasteiger partial charge in [0.25, 0.3) is 0 Å². The second-order valence-electron chi connectivity index (χ2n) is 17.1. The van der Waals surface area contributed by atoms with E-state index >= 15 is 0 Å². The Kier molecular flexibility index (Phi) is 18.6. The average Bonchev–Trinajstić information content (AvgIpc) is 3.34. The largest absolute Gasteiger partial charge is 0.424 e. The summed E-state index contributed by atoms with van der Waals surface area (Å²) < 4.78 is 68.3. The number of nitrogens with zero attached hydrogens (tertiary/aromatic N) is 3. The molecule has 0 unspecified atom stereocenters. The maximum absolute atomic E-state index is 11.5. The number of rotatable bonds is 8. The van der Waals surface area contributed by atoms with Gasteiger partial charge in [-0.1, -0.05) is 0 Å². The third kappa shape index (κ3) is 10.8. The molecule has 0 spiro atoms. The minimum absolute atomic E-state index is 1.01. The predicted molar refractivity (Wildman–Crippen MR) is 204 cm³/mol. The average molecular weight is 1010 g/mol. The van der Waals surface area contributed by atoms with Gasteiger partial charge in [0.15, 0.2) is 43.8 Å². The number of hydrogen-bond donors (Lipinski definition) is 17. The van der Waals surface area contributed by atoms with Gasteiger partial charge in [0.2, 0.25) is 0 Å². The van der Waals surface area contributed by atoms with E-state index in [4.69, 9.17) is 67.2 Å². The number of ether oxygens (including phenoxy) is 12. The zero-order valence-electron chi connectivity index (χ0n) is 35.8. The van der Waals surface area contributed by atoms with Crippen molar-refractivity contribution in [1.29, 1.82) is 0 Å². The highest BCUT2D eigenvalue weighted by Gasteiger charge is 2.59. The molecule has 22 rings (SSSR count). The first-order chi connectivity index (χ1) is 33.0. The molecule has 0 amide bonds. The van der Waals surface area contributed by atoms with Crippen molar-refractivity contribution >= 4 is 0 Å². The lowest BCUT2D eigenvalue weighted by Gasteiger charge is -2.50. The molecule has 33 nitrogen and oxygen atoms in total. The van der Waals surface area contributed by atoms with Gasteiger partial charge in [-0.2, -0.15) is 0 Å². The standard InChI is InChI=1S/C36H59N3O30/c37-38-39-69-30-23(56)36-62-12(6-45)29(30)68-35-22(55)17(50)27(10(4-43)61-35)66-33-20(53)15(48)25(8(2-41)59-33)64-31-18(51)13(46)24(7(1-40)57-31)63-32-19(52)14(47)26(9(3-42)58-32)65-34-21(54)16(49)28(67-36)11(5-44)60-34/h7-36,40-56H,1-6H2/t7-,8-,9-,10-,11-,12-,13-,14-,15-,16-,17-,18-,19-,20-,21-,22-,23-,24-,25-,26-,27-,28-,29+,30-,31-,32-,33-,34-,35-,36-/m1/s1. The van der Waals surface area contributed by atoms with Crippen molar-refractivity contribution in [3.05, 3.63) is 10.4 Å². The Hall–Kier alpha value is -2.05. The molecule has 33 heteroatoms. The number of aliphatic hydroxyl groups is 17. The van der Waals surface area contributed by atoms with Crippen molar-refractivity contribution in [3.8, 4) is 0 Å². The quantitative estimate of drug-likeness (QED) is 0.0465. The summed E-state index contributed by atoms with van der Waals surface area (Å²) in [6, 6.07) is 0. The molecule has 0 aromatic heterocycles. The zero-order valence-corrected chi connectivity index (χ0v) is 35.8. The molecule has 398 valence electrons. The van der Waals surface area contributed by atoms with Crippen molar-refractivity contribution in [2.75, 3.05) is 39.6 Å². The Morgan fingerprint density at radius 2 is 0.507 bits per heavy atom. The maximum Gasteiger partial charge on any atom is 0.188 e. The third-order valence-electron chi connectivity index (χ3n) is 12.9. The van der Waals surface area contributed by atoms with E-state index in [9.17, 15) is 86.8 Å². The normalized spacial score (nSPS) is 53.2. The van der Waals surface area contributed by atoms with Gasteiger partial charge in [-0.25, -0.2) is 0 Å². The van der Waals surface area contributed by atoms with E-state index in [1.54, 1.807) is 0 Å². The lowest BCUT2D eigenvalue weighted by molar-refractivity contribution is -0.405. The molecule has 30 atom stereocenters. The van der Waals surface area contributed by atoms with Crippen LogP contribution in [0.3, 0.4) is 0 Å². The second kappa shape index (κ2) is 23.4. The molecule has 0 saturated carbocycles. The van der Waals surface area contributed by atoms with Crippen LogP contribution in [0.2, 0.25) is 0 Å². The molecule has 22 saturated heterocycles. The summed E-state index contributed by atoms with van der Waals surface area (Å²) in [5.74, 6) is 0. The molecule has 0 aromatic rings. The van der Waals surface area contributed by atoms with Gasteiger partial charge in [0.1, 0.15) is 146 Å². The maximum atomic E-state index is 11.5. The molecule has 0 aliphatic carbocycles. The lowest BCUT2D eigenvalue weighted by Crippen LogP contribution is -2.69. The molecule has 22 aliphatic rings. The van der Waals surface area contributed by atoms with Crippen LogP contribution < -0.4 is 0 Å². The van der Waals surface area contributed by atoms with Crippen molar-refractivity contribution in [1.82, 2.24) is 0 Å². The van der Waals surface area contributed by atoms with Crippen LogP contribution in [0.4, 0.5) is 0 Å². The number of azide groups is 1. The Bertz CT molecular complexity index is 1670. The molecule has 12 bridgehead atoms.